The molecule has 2 aromatic carbocycles. The first-order valence-electron chi connectivity index (χ1n) is 10.8. The van der Waals surface area contributed by atoms with Crippen molar-refractivity contribution in [3.05, 3.63) is 65.2 Å². The highest BCUT2D eigenvalue weighted by Crippen LogP contribution is 2.12. The zero-order valence-electron chi connectivity index (χ0n) is 19.3. The molecule has 0 bridgehead atoms. The molecule has 0 saturated heterocycles. The molecule has 0 atom stereocenters. The Hall–Kier alpha value is -3.35. The Labute approximate surface area is 189 Å². The maximum Gasteiger partial charge on any atom is 0.407 e. The van der Waals surface area contributed by atoms with Crippen molar-refractivity contribution in [2.45, 2.75) is 59.1 Å². The van der Waals surface area contributed by atoms with Gasteiger partial charge in [0.2, 0.25) is 11.8 Å². The largest absolute Gasteiger partial charge is 0.444 e. The number of aryl methyl sites for hydroxylation is 2. The Morgan fingerprint density at radius 3 is 2.38 bits per heavy atom. The van der Waals surface area contributed by atoms with Gasteiger partial charge in [0.15, 0.2) is 0 Å². The monoisotopic (exact) mass is 439 g/mol. The second-order valence-electron chi connectivity index (χ2n) is 8.63. The smallest absolute Gasteiger partial charge is 0.407 e. The molecule has 32 heavy (non-hydrogen) atoms. The minimum absolute atomic E-state index is 0.0177. The number of anilines is 1. The summed E-state index contributed by atoms with van der Waals surface area (Å²) in [5, 5.41) is 8.28. The van der Waals surface area contributed by atoms with E-state index in [1.807, 2.05) is 49.4 Å². The van der Waals surface area contributed by atoms with E-state index in [0.717, 1.165) is 5.56 Å². The Bertz CT molecular complexity index is 935. The lowest BCUT2D eigenvalue weighted by atomic mass is 10.0. The Kier molecular flexibility index (Phi) is 9.25. The van der Waals surface area contributed by atoms with Crippen LogP contribution in [0.5, 0.6) is 0 Å². The van der Waals surface area contributed by atoms with Crippen molar-refractivity contribution >= 4 is 23.6 Å². The van der Waals surface area contributed by atoms with Gasteiger partial charge in [0.1, 0.15) is 5.60 Å². The molecular weight excluding hydrogens is 406 g/mol. The number of alkyl carbamates (subject to hydrolysis) is 1. The predicted molar refractivity (Wildman–Crippen MR) is 125 cm³/mol. The summed E-state index contributed by atoms with van der Waals surface area (Å²) in [4.78, 5) is 35.9. The van der Waals surface area contributed by atoms with Crippen molar-refractivity contribution in [3.8, 4) is 0 Å². The van der Waals surface area contributed by atoms with Crippen molar-refractivity contribution in [2.24, 2.45) is 0 Å². The first-order chi connectivity index (χ1) is 15.1. The summed E-state index contributed by atoms with van der Waals surface area (Å²) in [6.07, 6.45) is 0.696. The third-order valence-corrected chi connectivity index (χ3v) is 4.60. The van der Waals surface area contributed by atoms with E-state index in [1.165, 1.54) is 11.1 Å². The summed E-state index contributed by atoms with van der Waals surface area (Å²) >= 11 is 0. The number of amides is 3. The zero-order chi connectivity index (χ0) is 23.6. The highest BCUT2D eigenvalue weighted by atomic mass is 16.6. The van der Waals surface area contributed by atoms with Crippen molar-refractivity contribution in [2.75, 3.05) is 11.9 Å². The fourth-order valence-electron chi connectivity index (χ4n) is 3.00. The van der Waals surface area contributed by atoms with Gasteiger partial charge >= 0.3 is 6.09 Å². The molecule has 0 aliphatic rings. The van der Waals surface area contributed by atoms with Gasteiger partial charge in [0, 0.05) is 31.6 Å². The van der Waals surface area contributed by atoms with Crippen LogP contribution in [0.25, 0.3) is 0 Å². The lowest BCUT2D eigenvalue weighted by molar-refractivity contribution is -0.121. The van der Waals surface area contributed by atoms with Crippen LogP contribution >= 0.6 is 0 Å². The van der Waals surface area contributed by atoms with E-state index in [9.17, 15) is 14.4 Å². The summed E-state index contributed by atoms with van der Waals surface area (Å²) in [5.74, 6) is -0.239. The molecule has 7 nitrogen and oxygen atoms in total. The van der Waals surface area contributed by atoms with Crippen molar-refractivity contribution in [1.29, 1.82) is 0 Å². The van der Waals surface area contributed by atoms with Gasteiger partial charge in [-0.3, -0.25) is 9.59 Å². The molecule has 172 valence electrons. The van der Waals surface area contributed by atoms with Gasteiger partial charge < -0.3 is 20.7 Å². The number of carbonyl (C=O) groups excluding carboxylic acids is 3. The van der Waals surface area contributed by atoms with Crippen molar-refractivity contribution in [3.63, 3.8) is 0 Å². The number of ether oxygens (including phenoxy) is 1. The van der Waals surface area contributed by atoms with E-state index >= 15 is 0 Å². The van der Waals surface area contributed by atoms with Gasteiger partial charge in [-0.05, 0) is 62.9 Å². The van der Waals surface area contributed by atoms with Gasteiger partial charge in [-0.1, -0.05) is 36.4 Å². The number of benzene rings is 2. The van der Waals surface area contributed by atoms with E-state index in [-0.39, 0.29) is 24.8 Å². The lowest BCUT2D eigenvalue weighted by Gasteiger charge is -2.19. The summed E-state index contributed by atoms with van der Waals surface area (Å²) in [6.45, 7) is 7.94. The van der Waals surface area contributed by atoms with Crippen LogP contribution in [0.15, 0.2) is 48.5 Å². The molecule has 0 saturated carbocycles. The highest BCUT2D eigenvalue weighted by molar-refractivity contribution is 5.91. The van der Waals surface area contributed by atoms with Crippen LogP contribution in [0.3, 0.4) is 0 Å². The minimum Gasteiger partial charge on any atom is -0.444 e. The maximum absolute atomic E-state index is 12.2. The molecule has 0 aliphatic heterocycles. The Morgan fingerprint density at radius 1 is 0.906 bits per heavy atom. The fraction of sp³-hybridized carbons (Fsp3) is 0.400. The molecule has 2 rings (SSSR count). The number of rotatable bonds is 9. The van der Waals surface area contributed by atoms with Gasteiger partial charge in [0.05, 0.1) is 0 Å². The van der Waals surface area contributed by atoms with Crippen LogP contribution in [0.1, 0.15) is 50.3 Å². The molecule has 0 aliphatic carbocycles. The fourth-order valence-corrected chi connectivity index (χ4v) is 3.00. The van der Waals surface area contributed by atoms with E-state index in [1.54, 1.807) is 26.8 Å². The predicted octanol–water partition coefficient (Wildman–Crippen LogP) is 4.10. The van der Waals surface area contributed by atoms with E-state index in [0.29, 0.717) is 25.1 Å². The van der Waals surface area contributed by atoms with Gasteiger partial charge in [-0.15, -0.1) is 0 Å². The highest BCUT2D eigenvalue weighted by Gasteiger charge is 2.16. The van der Waals surface area contributed by atoms with E-state index < -0.39 is 11.7 Å². The van der Waals surface area contributed by atoms with Gasteiger partial charge in [0.25, 0.3) is 0 Å². The molecule has 0 aromatic heterocycles. The molecule has 0 radical (unpaired) electrons. The summed E-state index contributed by atoms with van der Waals surface area (Å²) in [7, 11) is 0. The molecular formula is C25H33N3O4. The van der Waals surface area contributed by atoms with Crippen LogP contribution in [0.4, 0.5) is 10.5 Å². The minimum atomic E-state index is -0.581. The maximum atomic E-state index is 12.2. The number of carbonyl (C=O) groups is 3. The van der Waals surface area contributed by atoms with Crippen LogP contribution in [-0.2, 0) is 27.3 Å². The second-order valence-corrected chi connectivity index (χ2v) is 8.63. The number of hydrogen-bond donors (Lipinski definition) is 3. The molecule has 3 N–H and O–H groups in total. The molecule has 0 fully saturated rings. The summed E-state index contributed by atoms with van der Waals surface area (Å²) in [6, 6.07) is 15.4. The van der Waals surface area contributed by atoms with Crippen LogP contribution in [-0.4, -0.2) is 30.1 Å². The average molecular weight is 440 g/mol. The Balaban J connectivity index is 1.73. The van der Waals surface area contributed by atoms with Crippen LogP contribution in [0.2, 0.25) is 0 Å². The van der Waals surface area contributed by atoms with Crippen LogP contribution in [0, 0.1) is 6.92 Å². The standard InChI is InChI=1S/C25H33N3O4/c1-18-8-5-6-10-20(18)12-13-22(29)27-17-19-9-7-11-21(16-19)28-23(30)14-15-26-24(31)32-25(2,3)4/h5-11,16H,12-15,17H2,1-4H3,(H,26,31)(H,27,29)(H,28,30). The number of nitrogens with one attached hydrogen (secondary N) is 3. The normalized spacial score (nSPS) is 10.9. The quantitative estimate of drug-likeness (QED) is 0.548. The third-order valence-electron chi connectivity index (χ3n) is 4.60. The topological polar surface area (TPSA) is 96.5 Å². The van der Waals surface area contributed by atoms with Crippen molar-refractivity contribution in [1.82, 2.24) is 10.6 Å². The van der Waals surface area contributed by atoms with Gasteiger partial charge in [-0.25, -0.2) is 4.79 Å². The SMILES string of the molecule is Cc1ccccc1CCC(=O)NCc1cccc(NC(=O)CCNC(=O)OC(C)(C)C)c1. The first-order valence-corrected chi connectivity index (χ1v) is 10.8. The zero-order valence-corrected chi connectivity index (χ0v) is 19.3. The van der Waals surface area contributed by atoms with Gasteiger partial charge in [-0.2, -0.15) is 0 Å². The average Bonchev–Trinajstić information content (AvgIpc) is 2.70. The first kappa shape index (κ1) is 24.9. The molecule has 0 unspecified atom stereocenters. The summed E-state index contributed by atoms with van der Waals surface area (Å²) < 4.78 is 5.13. The van der Waals surface area contributed by atoms with E-state index in [4.69, 9.17) is 4.74 Å². The van der Waals surface area contributed by atoms with E-state index in [2.05, 4.69) is 16.0 Å². The molecule has 0 heterocycles. The Morgan fingerprint density at radius 2 is 1.66 bits per heavy atom. The molecule has 2 aromatic rings. The third kappa shape index (κ3) is 9.64. The number of hydrogen-bond acceptors (Lipinski definition) is 4. The lowest BCUT2D eigenvalue weighted by Crippen LogP contribution is -2.34. The molecule has 7 heteroatoms. The second kappa shape index (κ2) is 11.9. The van der Waals surface area contributed by atoms with Crippen molar-refractivity contribution < 1.29 is 19.1 Å². The summed E-state index contributed by atoms with van der Waals surface area (Å²) in [5.41, 5.74) is 3.30. The molecule has 3 amide bonds. The van der Waals surface area contributed by atoms with Crippen LogP contribution < -0.4 is 16.0 Å². The molecule has 0 spiro atoms.